The molecule has 0 fully saturated rings. The Hall–Kier alpha value is -2.12. The topological polar surface area (TPSA) is 88.4 Å². The van der Waals surface area contributed by atoms with Crippen LogP contribution in [0, 0.1) is 0 Å². The SMILES string of the molecule is CCOC(OCC)[C@@H](O)[C@](O)(c1ccccc1)c1ccc(OC)cc1O. The second-order valence-electron chi connectivity index (χ2n) is 5.74. The molecule has 142 valence electrons. The monoisotopic (exact) mass is 362 g/mol. The summed E-state index contributed by atoms with van der Waals surface area (Å²) in [4.78, 5) is 0. The largest absolute Gasteiger partial charge is 0.507 e. The van der Waals surface area contributed by atoms with Gasteiger partial charge in [0.15, 0.2) is 6.29 Å². The van der Waals surface area contributed by atoms with Crippen LogP contribution in [0.1, 0.15) is 25.0 Å². The lowest BCUT2D eigenvalue weighted by Crippen LogP contribution is -2.49. The van der Waals surface area contributed by atoms with Crippen LogP contribution >= 0.6 is 0 Å². The van der Waals surface area contributed by atoms with Crippen molar-refractivity contribution in [2.75, 3.05) is 20.3 Å². The van der Waals surface area contributed by atoms with Gasteiger partial charge in [0.05, 0.1) is 7.11 Å². The van der Waals surface area contributed by atoms with Crippen LogP contribution in [-0.4, -0.2) is 48.0 Å². The van der Waals surface area contributed by atoms with E-state index in [-0.39, 0.29) is 11.3 Å². The zero-order valence-electron chi connectivity index (χ0n) is 15.3. The van der Waals surface area contributed by atoms with Gasteiger partial charge in [0.25, 0.3) is 0 Å². The van der Waals surface area contributed by atoms with Crippen molar-refractivity contribution in [1.29, 1.82) is 0 Å². The van der Waals surface area contributed by atoms with E-state index in [2.05, 4.69) is 0 Å². The van der Waals surface area contributed by atoms with E-state index in [1.165, 1.54) is 19.2 Å². The fourth-order valence-corrected chi connectivity index (χ4v) is 2.89. The summed E-state index contributed by atoms with van der Waals surface area (Å²) in [5.41, 5.74) is -1.43. The third-order valence-corrected chi connectivity index (χ3v) is 4.18. The molecule has 0 spiro atoms. The quantitative estimate of drug-likeness (QED) is 0.594. The molecule has 6 heteroatoms. The molecule has 0 amide bonds. The Labute approximate surface area is 153 Å². The number of ether oxygens (including phenoxy) is 3. The molecular weight excluding hydrogens is 336 g/mol. The highest BCUT2D eigenvalue weighted by Gasteiger charge is 2.46. The van der Waals surface area contributed by atoms with Crippen LogP contribution < -0.4 is 4.74 Å². The van der Waals surface area contributed by atoms with E-state index in [1.807, 2.05) is 0 Å². The van der Waals surface area contributed by atoms with Gasteiger partial charge in [-0.05, 0) is 31.5 Å². The van der Waals surface area contributed by atoms with E-state index in [0.29, 0.717) is 24.5 Å². The molecule has 0 aliphatic rings. The number of rotatable bonds is 9. The normalized spacial score (nSPS) is 14.8. The first-order valence-electron chi connectivity index (χ1n) is 8.55. The van der Waals surface area contributed by atoms with Gasteiger partial charge in [-0.1, -0.05) is 30.3 Å². The van der Waals surface area contributed by atoms with Crippen molar-refractivity contribution in [2.24, 2.45) is 0 Å². The van der Waals surface area contributed by atoms with E-state index in [0.717, 1.165) is 0 Å². The van der Waals surface area contributed by atoms with Crippen LogP contribution in [0.2, 0.25) is 0 Å². The predicted octanol–water partition coefficient (Wildman–Crippen LogP) is 2.40. The molecule has 0 saturated heterocycles. The molecule has 0 heterocycles. The highest BCUT2D eigenvalue weighted by Crippen LogP contribution is 2.41. The van der Waals surface area contributed by atoms with E-state index >= 15 is 0 Å². The van der Waals surface area contributed by atoms with E-state index in [4.69, 9.17) is 14.2 Å². The molecule has 2 aromatic rings. The number of phenolic OH excluding ortho intramolecular Hbond substituents is 1. The van der Waals surface area contributed by atoms with E-state index < -0.39 is 18.0 Å². The van der Waals surface area contributed by atoms with Crippen molar-refractivity contribution in [1.82, 2.24) is 0 Å². The average molecular weight is 362 g/mol. The number of aromatic hydroxyl groups is 1. The molecule has 3 N–H and O–H groups in total. The molecule has 0 aliphatic carbocycles. The van der Waals surface area contributed by atoms with Crippen molar-refractivity contribution >= 4 is 0 Å². The lowest BCUT2D eigenvalue weighted by molar-refractivity contribution is -0.230. The molecule has 0 aromatic heterocycles. The Morgan fingerprint density at radius 1 is 1.00 bits per heavy atom. The molecule has 0 radical (unpaired) electrons. The third kappa shape index (κ3) is 3.99. The number of benzene rings is 2. The van der Waals surface area contributed by atoms with Crippen molar-refractivity contribution < 1.29 is 29.5 Å². The second kappa shape index (κ2) is 9.00. The summed E-state index contributed by atoms with van der Waals surface area (Å²) in [5, 5.41) is 33.1. The van der Waals surface area contributed by atoms with E-state index in [9.17, 15) is 15.3 Å². The number of methoxy groups -OCH3 is 1. The molecule has 2 aromatic carbocycles. The molecule has 2 atom stereocenters. The molecule has 6 nitrogen and oxygen atoms in total. The highest BCUT2D eigenvalue weighted by molar-refractivity contribution is 5.48. The minimum atomic E-state index is -1.95. The summed E-state index contributed by atoms with van der Waals surface area (Å²) in [6.07, 6.45) is -2.55. The smallest absolute Gasteiger partial charge is 0.186 e. The number of hydrogen-bond donors (Lipinski definition) is 3. The van der Waals surface area contributed by atoms with Crippen molar-refractivity contribution in [3.05, 3.63) is 59.7 Å². The van der Waals surface area contributed by atoms with Gasteiger partial charge in [-0.15, -0.1) is 0 Å². The Morgan fingerprint density at radius 2 is 1.62 bits per heavy atom. The molecule has 0 aliphatic heterocycles. The lowest BCUT2D eigenvalue weighted by atomic mass is 9.80. The van der Waals surface area contributed by atoms with Gasteiger partial charge in [0.1, 0.15) is 23.2 Å². The summed E-state index contributed by atoms with van der Waals surface area (Å²) < 4.78 is 16.1. The fourth-order valence-electron chi connectivity index (χ4n) is 2.89. The maximum Gasteiger partial charge on any atom is 0.186 e. The summed E-state index contributed by atoms with van der Waals surface area (Å²) in [6.45, 7) is 4.12. The number of aliphatic hydroxyl groups is 2. The van der Waals surface area contributed by atoms with Crippen LogP contribution in [0.4, 0.5) is 0 Å². The first kappa shape index (κ1) is 20.2. The Morgan fingerprint density at radius 3 is 2.12 bits per heavy atom. The number of aliphatic hydroxyl groups excluding tert-OH is 1. The molecular formula is C20H26O6. The summed E-state index contributed by atoms with van der Waals surface area (Å²) >= 11 is 0. The number of hydrogen-bond acceptors (Lipinski definition) is 6. The molecule has 0 saturated carbocycles. The van der Waals surface area contributed by atoms with Gasteiger partial charge in [-0.2, -0.15) is 0 Å². The number of phenols is 1. The van der Waals surface area contributed by atoms with Crippen molar-refractivity contribution in [3.8, 4) is 11.5 Å². The van der Waals surface area contributed by atoms with E-state index in [1.54, 1.807) is 50.2 Å². The van der Waals surface area contributed by atoms with Gasteiger partial charge in [-0.25, -0.2) is 0 Å². The van der Waals surface area contributed by atoms with Crippen LogP contribution in [0.3, 0.4) is 0 Å². The van der Waals surface area contributed by atoms with Crippen LogP contribution in [0.5, 0.6) is 11.5 Å². The molecule has 0 bridgehead atoms. The minimum Gasteiger partial charge on any atom is -0.507 e. The summed E-state index contributed by atoms with van der Waals surface area (Å²) in [5.74, 6) is 0.226. The van der Waals surface area contributed by atoms with Crippen molar-refractivity contribution in [3.63, 3.8) is 0 Å². The Bertz CT molecular complexity index is 684. The molecule has 2 rings (SSSR count). The highest BCUT2D eigenvalue weighted by atomic mass is 16.7. The van der Waals surface area contributed by atoms with Crippen LogP contribution in [0.25, 0.3) is 0 Å². The average Bonchev–Trinajstić information content (AvgIpc) is 2.67. The van der Waals surface area contributed by atoms with Gasteiger partial charge >= 0.3 is 0 Å². The lowest BCUT2D eigenvalue weighted by Gasteiger charge is -2.38. The second-order valence-corrected chi connectivity index (χ2v) is 5.74. The standard InChI is InChI=1S/C20H26O6/c1-4-25-19(26-5-2)18(22)20(23,14-9-7-6-8-10-14)16-12-11-15(24-3)13-17(16)21/h6-13,18-19,21-23H,4-5H2,1-3H3/t18-,20+/m1/s1. The fraction of sp³-hybridized carbons (Fsp3) is 0.400. The van der Waals surface area contributed by atoms with Gasteiger partial charge in [0, 0.05) is 24.8 Å². The summed E-state index contributed by atoms with van der Waals surface area (Å²) in [6, 6.07) is 13.1. The zero-order valence-corrected chi connectivity index (χ0v) is 15.3. The first-order chi connectivity index (χ1) is 12.5. The maximum atomic E-state index is 11.6. The maximum absolute atomic E-state index is 11.6. The molecule has 26 heavy (non-hydrogen) atoms. The van der Waals surface area contributed by atoms with Crippen molar-refractivity contribution in [2.45, 2.75) is 31.8 Å². The first-order valence-corrected chi connectivity index (χ1v) is 8.55. The zero-order chi connectivity index (χ0) is 19.2. The van der Waals surface area contributed by atoms with Crippen LogP contribution in [0.15, 0.2) is 48.5 Å². The Balaban J connectivity index is 2.60. The summed E-state index contributed by atoms with van der Waals surface area (Å²) in [7, 11) is 1.48. The van der Waals surface area contributed by atoms with Gasteiger partial charge < -0.3 is 29.5 Å². The van der Waals surface area contributed by atoms with Crippen LogP contribution in [-0.2, 0) is 15.1 Å². The third-order valence-electron chi connectivity index (χ3n) is 4.18. The predicted molar refractivity (Wildman–Crippen MR) is 97.1 cm³/mol. The molecule has 0 unspecified atom stereocenters. The Kier molecular flexibility index (Phi) is 6.99. The minimum absolute atomic E-state index is 0.126. The van der Waals surface area contributed by atoms with Gasteiger partial charge in [0.2, 0.25) is 0 Å². The van der Waals surface area contributed by atoms with Gasteiger partial charge in [-0.3, -0.25) is 0 Å².